The monoisotopic (exact) mass is 339 g/mol. The lowest BCUT2D eigenvalue weighted by atomic mass is 9.57. The number of likely N-dealkylation sites (tertiary alicyclic amines) is 1. The van der Waals surface area contributed by atoms with Crippen molar-refractivity contribution in [3.05, 3.63) is 54.0 Å². The van der Waals surface area contributed by atoms with Crippen molar-refractivity contribution in [1.82, 2.24) is 4.90 Å². The molecule has 0 N–H and O–H groups in total. The van der Waals surface area contributed by atoms with E-state index >= 15 is 0 Å². The van der Waals surface area contributed by atoms with Crippen LogP contribution in [-0.4, -0.2) is 25.1 Å². The van der Waals surface area contributed by atoms with Gasteiger partial charge in [-0.1, -0.05) is 25.5 Å². The molecule has 0 unspecified atom stereocenters. The van der Waals surface area contributed by atoms with Crippen LogP contribution in [0, 0.1) is 11.8 Å². The average Bonchev–Trinajstić information content (AvgIpc) is 3.15. The highest BCUT2D eigenvalue weighted by molar-refractivity contribution is 5.36. The molecule has 2 heterocycles. The van der Waals surface area contributed by atoms with Crippen LogP contribution >= 0.6 is 0 Å². The Kier molecular flexibility index (Phi) is 4.60. The Morgan fingerprint density at radius 3 is 2.96 bits per heavy atom. The van der Waals surface area contributed by atoms with E-state index in [9.17, 15) is 0 Å². The zero-order valence-electron chi connectivity index (χ0n) is 15.4. The normalized spacial score (nSPS) is 30.0. The molecule has 0 amide bonds. The van der Waals surface area contributed by atoms with Gasteiger partial charge in [-0.2, -0.15) is 0 Å². The topological polar surface area (TPSA) is 25.6 Å². The molecule has 1 aliphatic heterocycles. The second-order valence-electron chi connectivity index (χ2n) is 8.04. The number of fused-ring (bicyclic) bond motifs is 1. The molecule has 1 aliphatic carbocycles. The van der Waals surface area contributed by atoms with Crippen LogP contribution in [0.4, 0.5) is 0 Å². The molecule has 3 nitrogen and oxygen atoms in total. The Morgan fingerprint density at radius 2 is 2.16 bits per heavy atom. The van der Waals surface area contributed by atoms with E-state index in [1.165, 1.54) is 37.8 Å². The predicted molar refractivity (Wildman–Crippen MR) is 99.8 cm³/mol. The third-order valence-electron chi connectivity index (χ3n) is 6.46. The Balaban J connectivity index is 1.60. The van der Waals surface area contributed by atoms with Crippen LogP contribution in [-0.2, 0) is 12.0 Å². The first kappa shape index (κ1) is 16.7. The molecular weight excluding hydrogens is 310 g/mol. The van der Waals surface area contributed by atoms with E-state index in [1.807, 2.05) is 6.07 Å². The molecule has 1 aromatic carbocycles. The summed E-state index contributed by atoms with van der Waals surface area (Å²) in [5.74, 6) is 3.60. The zero-order chi connectivity index (χ0) is 17.3. The van der Waals surface area contributed by atoms with E-state index in [1.54, 1.807) is 13.4 Å². The number of hydrogen-bond donors (Lipinski definition) is 0. The van der Waals surface area contributed by atoms with E-state index in [0.29, 0.717) is 5.41 Å². The molecule has 134 valence electrons. The number of hydrogen-bond acceptors (Lipinski definition) is 3. The maximum atomic E-state index is 5.57. The van der Waals surface area contributed by atoms with Crippen molar-refractivity contribution in [2.24, 2.45) is 11.8 Å². The van der Waals surface area contributed by atoms with E-state index < -0.39 is 0 Å². The van der Waals surface area contributed by atoms with Gasteiger partial charge in [0.05, 0.1) is 19.9 Å². The number of nitrogens with zero attached hydrogens (tertiary/aromatic N) is 1. The molecule has 1 saturated heterocycles. The van der Waals surface area contributed by atoms with Crippen LogP contribution in [0.1, 0.15) is 43.9 Å². The van der Waals surface area contributed by atoms with Crippen LogP contribution in [0.5, 0.6) is 5.75 Å². The van der Waals surface area contributed by atoms with Crippen LogP contribution in [0.3, 0.4) is 0 Å². The summed E-state index contributed by atoms with van der Waals surface area (Å²) in [6.45, 7) is 5.67. The molecule has 0 spiro atoms. The van der Waals surface area contributed by atoms with Crippen molar-refractivity contribution >= 4 is 0 Å². The van der Waals surface area contributed by atoms with E-state index in [2.05, 4.69) is 42.2 Å². The molecule has 25 heavy (non-hydrogen) atoms. The second-order valence-corrected chi connectivity index (χ2v) is 8.04. The van der Waals surface area contributed by atoms with Crippen molar-refractivity contribution in [2.45, 2.75) is 44.6 Å². The van der Waals surface area contributed by atoms with E-state index in [0.717, 1.165) is 36.4 Å². The Bertz CT molecular complexity index is 696. The van der Waals surface area contributed by atoms with Gasteiger partial charge in [-0.05, 0) is 67.5 Å². The quantitative estimate of drug-likeness (QED) is 0.795. The minimum atomic E-state index is 0.311. The Hall–Kier alpha value is -1.74. The van der Waals surface area contributed by atoms with Crippen molar-refractivity contribution < 1.29 is 9.15 Å². The van der Waals surface area contributed by atoms with Gasteiger partial charge in [-0.3, -0.25) is 4.90 Å². The van der Waals surface area contributed by atoms with Gasteiger partial charge in [-0.25, -0.2) is 0 Å². The van der Waals surface area contributed by atoms with Crippen molar-refractivity contribution in [2.75, 3.05) is 20.2 Å². The average molecular weight is 339 g/mol. The van der Waals surface area contributed by atoms with Crippen LogP contribution < -0.4 is 4.74 Å². The number of ether oxygens (including phenoxy) is 1. The smallest absolute Gasteiger partial charge is 0.119 e. The fraction of sp³-hybridized carbons (Fsp3) is 0.545. The van der Waals surface area contributed by atoms with Crippen molar-refractivity contribution in [3.63, 3.8) is 0 Å². The number of rotatable bonds is 4. The highest BCUT2D eigenvalue weighted by atomic mass is 16.5. The molecule has 1 aromatic heterocycles. The third-order valence-corrected chi connectivity index (χ3v) is 6.46. The molecule has 0 radical (unpaired) electrons. The third kappa shape index (κ3) is 3.22. The van der Waals surface area contributed by atoms with Gasteiger partial charge >= 0.3 is 0 Å². The Labute approximate surface area is 151 Å². The number of furan rings is 1. The van der Waals surface area contributed by atoms with Gasteiger partial charge in [0.1, 0.15) is 11.5 Å². The van der Waals surface area contributed by atoms with Gasteiger partial charge < -0.3 is 9.15 Å². The highest BCUT2D eigenvalue weighted by Gasteiger charge is 2.47. The first-order valence-corrected chi connectivity index (χ1v) is 9.59. The summed E-state index contributed by atoms with van der Waals surface area (Å²) in [4.78, 5) is 2.58. The summed E-state index contributed by atoms with van der Waals surface area (Å²) >= 11 is 0. The molecule has 2 fully saturated rings. The van der Waals surface area contributed by atoms with Gasteiger partial charge in [0.25, 0.3) is 0 Å². The van der Waals surface area contributed by atoms with Gasteiger partial charge in [0.15, 0.2) is 0 Å². The van der Waals surface area contributed by atoms with Crippen molar-refractivity contribution in [1.29, 1.82) is 0 Å². The fourth-order valence-electron chi connectivity index (χ4n) is 5.18. The SMILES string of the molecule is COc1cccc([C@@]23CCN(Cc4ccco4)C[C@@H]2CC[C@H](C)C3)c1. The minimum Gasteiger partial charge on any atom is -0.497 e. The number of benzene rings is 1. The minimum absolute atomic E-state index is 0.311. The summed E-state index contributed by atoms with van der Waals surface area (Å²) in [6.07, 6.45) is 7.00. The van der Waals surface area contributed by atoms with Crippen LogP contribution in [0.15, 0.2) is 47.1 Å². The molecule has 1 saturated carbocycles. The lowest BCUT2D eigenvalue weighted by Crippen LogP contribution is -2.52. The zero-order valence-corrected chi connectivity index (χ0v) is 15.4. The molecular formula is C22H29NO2. The van der Waals surface area contributed by atoms with Gasteiger partial charge in [-0.15, -0.1) is 0 Å². The maximum Gasteiger partial charge on any atom is 0.119 e. The summed E-state index contributed by atoms with van der Waals surface area (Å²) < 4.78 is 11.1. The van der Waals surface area contributed by atoms with Crippen LogP contribution in [0.25, 0.3) is 0 Å². The first-order chi connectivity index (χ1) is 12.2. The molecule has 2 aliphatic rings. The largest absolute Gasteiger partial charge is 0.497 e. The summed E-state index contributed by atoms with van der Waals surface area (Å²) in [5, 5.41) is 0. The lowest BCUT2D eigenvalue weighted by molar-refractivity contribution is 0.0320. The van der Waals surface area contributed by atoms with E-state index in [4.69, 9.17) is 9.15 Å². The van der Waals surface area contributed by atoms with Gasteiger partial charge in [0, 0.05) is 12.0 Å². The van der Waals surface area contributed by atoms with Crippen molar-refractivity contribution in [3.8, 4) is 5.75 Å². The van der Waals surface area contributed by atoms with E-state index in [-0.39, 0.29) is 0 Å². The standard InChI is InChI=1S/C22H29NO2/c1-17-8-9-19-15-23(16-21-7-4-12-25-21)11-10-22(19,14-17)18-5-3-6-20(13-18)24-2/h3-7,12-13,17,19H,8-11,14-16H2,1-2H3/t17-,19-,22-/m0/s1. The summed E-state index contributed by atoms with van der Waals surface area (Å²) in [6, 6.07) is 12.9. The molecule has 0 bridgehead atoms. The summed E-state index contributed by atoms with van der Waals surface area (Å²) in [7, 11) is 1.77. The molecule has 3 heteroatoms. The predicted octanol–water partition coefficient (Wildman–Crippen LogP) is 4.87. The fourth-order valence-corrected chi connectivity index (χ4v) is 5.18. The molecule has 4 rings (SSSR count). The number of piperidine rings is 1. The van der Waals surface area contributed by atoms with Crippen LogP contribution in [0.2, 0.25) is 0 Å². The first-order valence-electron chi connectivity index (χ1n) is 9.59. The maximum absolute atomic E-state index is 5.57. The number of methoxy groups -OCH3 is 1. The highest BCUT2D eigenvalue weighted by Crippen LogP contribution is 2.51. The summed E-state index contributed by atoms with van der Waals surface area (Å²) in [5.41, 5.74) is 1.80. The lowest BCUT2D eigenvalue weighted by Gasteiger charge is -2.52. The Morgan fingerprint density at radius 1 is 1.24 bits per heavy atom. The molecule has 2 aromatic rings. The van der Waals surface area contributed by atoms with Gasteiger partial charge in [0.2, 0.25) is 0 Å². The second kappa shape index (κ2) is 6.87. The molecule has 3 atom stereocenters.